The van der Waals surface area contributed by atoms with Gasteiger partial charge in [0.15, 0.2) is 0 Å². The first kappa shape index (κ1) is 19.3. The van der Waals surface area contributed by atoms with Crippen molar-refractivity contribution in [3.05, 3.63) is 32.3 Å². The van der Waals surface area contributed by atoms with Crippen molar-refractivity contribution < 1.29 is 19.4 Å². The summed E-state index contributed by atoms with van der Waals surface area (Å²) in [5, 5.41) is 10.0. The molecule has 0 aliphatic carbocycles. The van der Waals surface area contributed by atoms with Crippen molar-refractivity contribution in [3.63, 3.8) is 0 Å². The van der Waals surface area contributed by atoms with Crippen LogP contribution in [-0.2, 0) is 11.2 Å². The maximum atomic E-state index is 13.1. The molecule has 26 heavy (non-hydrogen) atoms. The zero-order chi connectivity index (χ0) is 19.2. The minimum absolute atomic E-state index is 0.0569. The predicted octanol–water partition coefficient (Wildman–Crippen LogP) is 4.60. The molecule has 0 saturated heterocycles. The van der Waals surface area contributed by atoms with E-state index in [1.165, 1.54) is 13.1 Å². The van der Waals surface area contributed by atoms with Crippen LogP contribution in [0.4, 0.5) is 0 Å². The van der Waals surface area contributed by atoms with Crippen molar-refractivity contribution in [2.75, 3.05) is 7.05 Å². The van der Waals surface area contributed by atoms with E-state index in [9.17, 15) is 14.7 Å². The molecule has 0 aromatic heterocycles. The number of phenols is 1. The molecule has 2 aliphatic rings. The Morgan fingerprint density at radius 2 is 1.88 bits per heavy atom. The highest BCUT2D eigenvalue weighted by Crippen LogP contribution is 2.52. The van der Waals surface area contributed by atoms with Gasteiger partial charge < -0.3 is 9.84 Å². The summed E-state index contributed by atoms with van der Waals surface area (Å²) in [5.41, 5.74) is -1.20. The Labute approximate surface area is 166 Å². The van der Waals surface area contributed by atoms with Crippen LogP contribution in [0, 0.1) is 0 Å². The number of carbonyl (C=O) groups excluding carboxylic acids is 2. The molecular weight excluding hydrogens is 401 g/mol. The number of ketones is 1. The molecule has 5 nitrogen and oxygen atoms in total. The molecule has 0 fully saturated rings. The second kappa shape index (κ2) is 6.95. The molecule has 1 N–H and O–H groups in total. The molecule has 1 unspecified atom stereocenters. The van der Waals surface area contributed by atoms with E-state index < -0.39 is 17.4 Å². The molecule has 2 aliphatic heterocycles. The number of Topliss-reactive ketones (excluding diaryl/α,β-unsaturated/α-hetero) is 1. The molecule has 1 spiro atoms. The second-order valence-corrected chi connectivity index (χ2v) is 7.60. The fourth-order valence-electron chi connectivity index (χ4n) is 3.34. The lowest BCUT2D eigenvalue weighted by Gasteiger charge is -2.30. The maximum Gasteiger partial charge on any atom is 0.287 e. The number of ether oxygens (including phenoxy) is 1. The zero-order valence-corrected chi connectivity index (χ0v) is 16.6. The Morgan fingerprint density at radius 1 is 1.19 bits per heavy atom. The van der Waals surface area contributed by atoms with E-state index in [1.54, 1.807) is 0 Å². The van der Waals surface area contributed by atoms with Gasteiger partial charge in [-0.25, -0.2) is 0 Å². The van der Waals surface area contributed by atoms with E-state index in [2.05, 4.69) is 6.92 Å². The lowest BCUT2D eigenvalue weighted by atomic mass is 9.98. The van der Waals surface area contributed by atoms with Gasteiger partial charge in [0.25, 0.3) is 11.6 Å². The number of rotatable bonds is 5. The number of hydrogen-bond acceptors (Lipinski definition) is 4. The van der Waals surface area contributed by atoms with Gasteiger partial charge in [-0.05, 0) is 18.9 Å². The summed E-state index contributed by atoms with van der Waals surface area (Å²) < 4.78 is 5.92. The third kappa shape index (κ3) is 2.60. The van der Waals surface area contributed by atoms with Gasteiger partial charge in [-0.1, -0.05) is 61.0 Å². The smallest absolute Gasteiger partial charge is 0.287 e. The number of amides is 1. The number of hydrogen-bond donors (Lipinski definition) is 1. The largest absolute Gasteiger partial charge is 0.506 e. The quantitative estimate of drug-likeness (QED) is 0.710. The van der Waals surface area contributed by atoms with Gasteiger partial charge in [-0.2, -0.15) is 0 Å². The Balaban J connectivity index is 2.06. The van der Waals surface area contributed by atoms with Crippen molar-refractivity contribution in [3.8, 4) is 11.5 Å². The Morgan fingerprint density at radius 3 is 2.46 bits per heavy atom. The van der Waals surface area contributed by atoms with E-state index in [0.29, 0.717) is 12.0 Å². The van der Waals surface area contributed by atoms with Crippen LogP contribution in [0.5, 0.6) is 11.5 Å². The van der Waals surface area contributed by atoms with Gasteiger partial charge in [0.05, 0.1) is 10.6 Å². The summed E-state index contributed by atoms with van der Waals surface area (Å²) in [5.74, 6) is -1.04. The molecule has 8 heteroatoms. The van der Waals surface area contributed by atoms with Gasteiger partial charge in [0.2, 0.25) is 5.78 Å². The highest BCUT2D eigenvalue weighted by molar-refractivity contribution is 6.51. The second-order valence-electron chi connectivity index (χ2n) is 6.44. The number of aromatic hydroxyl groups is 1. The minimum Gasteiger partial charge on any atom is -0.506 e. The average molecular weight is 419 g/mol. The predicted molar refractivity (Wildman–Crippen MR) is 100 cm³/mol. The number of nitrogens with zero attached hydrogens (tertiary/aromatic N) is 1. The Kier molecular flexibility index (Phi) is 5.17. The number of fused-ring (bicyclic) bond motifs is 1. The number of carbonyl (C=O) groups is 2. The monoisotopic (exact) mass is 417 g/mol. The normalized spacial score (nSPS) is 21.8. The van der Waals surface area contributed by atoms with Crippen molar-refractivity contribution in [2.45, 2.75) is 44.8 Å². The van der Waals surface area contributed by atoms with Crippen LogP contribution in [0.25, 0.3) is 0 Å². The molecular formula is C18H18Cl3NO4. The van der Waals surface area contributed by atoms with Crippen molar-refractivity contribution in [1.29, 1.82) is 0 Å². The molecule has 3 rings (SSSR count). The van der Waals surface area contributed by atoms with Crippen LogP contribution in [-0.4, -0.2) is 34.5 Å². The molecule has 1 amide bonds. The first-order chi connectivity index (χ1) is 12.3. The molecule has 0 bridgehead atoms. The molecule has 0 radical (unpaired) electrons. The number of halogens is 3. The van der Waals surface area contributed by atoms with Crippen LogP contribution >= 0.6 is 34.8 Å². The highest BCUT2D eigenvalue weighted by atomic mass is 35.5. The summed E-state index contributed by atoms with van der Waals surface area (Å²) in [4.78, 5) is 26.3. The first-order valence-electron chi connectivity index (χ1n) is 8.39. The number of benzene rings is 1. The van der Waals surface area contributed by atoms with Gasteiger partial charge in [-0.15, -0.1) is 0 Å². The summed E-state index contributed by atoms with van der Waals surface area (Å²) >= 11 is 18.3. The van der Waals surface area contributed by atoms with Gasteiger partial charge >= 0.3 is 0 Å². The van der Waals surface area contributed by atoms with Crippen LogP contribution in [0.1, 0.15) is 48.5 Å². The van der Waals surface area contributed by atoms with E-state index in [1.807, 2.05) is 0 Å². The molecule has 1 atom stereocenters. The van der Waals surface area contributed by atoms with Crippen molar-refractivity contribution in [2.24, 2.45) is 0 Å². The van der Waals surface area contributed by atoms with Crippen LogP contribution in [0.2, 0.25) is 5.02 Å². The summed E-state index contributed by atoms with van der Waals surface area (Å²) in [6.07, 6.45) is 4.40. The molecule has 0 saturated carbocycles. The lowest BCUT2D eigenvalue weighted by molar-refractivity contribution is -0.131. The van der Waals surface area contributed by atoms with E-state index in [-0.39, 0.29) is 32.1 Å². The summed E-state index contributed by atoms with van der Waals surface area (Å²) in [6, 6.07) is 1.34. The molecule has 1 aromatic carbocycles. The third-order valence-corrected chi connectivity index (χ3v) is 6.02. The highest BCUT2D eigenvalue weighted by Gasteiger charge is 2.61. The fourth-order valence-corrected chi connectivity index (χ4v) is 4.15. The van der Waals surface area contributed by atoms with Crippen LogP contribution in [0.3, 0.4) is 0 Å². The summed E-state index contributed by atoms with van der Waals surface area (Å²) in [7, 11) is 1.40. The topological polar surface area (TPSA) is 66.8 Å². The average Bonchev–Trinajstić information content (AvgIpc) is 2.99. The van der Waals surface area contributed by atoms with Crippen molar-refractivity contribution in [1.82, 2.24) is 4.90 Å². The van der Waals surface area contributed by atoms with E-state index >= 15 is 0 Å². The molecule has 140 valence electrons. The standard InChI is InChI=1S/C18H18Cl3NO4/c1-3-4-5-6-7-9-13(23)11(19)8-10-14(9)26-18(16(10)24)15(21)12(20)17(25)22(18)2/h8,23H,3-7H2,1-2H3. The van der Waals surface area contributed by atoms with Gasteiger partial charge in [-0.3, -0.25) is 14.5 Å². The first-order valence-corrected chi connectivity index (χ1v) is 9.52. The van der Waals surface area contributed by atoms with Crippen LogP contribution < -0.4 is 4.74 Å². The van der Waals surface area contributed by atoms with Crippen LogP contribution in [0.15, 0.2) is 16.1 Å². The Hall–Kier alpha value is -1.43. The lowest BCUT2D eigenvalue weighted by Crippen LogP contribution is -2.53. The van der Waals surface area contributed by atoms with Gasteiger partial charge in [0.1, 0.15) is 21.6 Å². The SMILES string of the molecule is CCCCCCc1c(O)c(Cl)cc2c1OC1(C2=O)C(Cl)=C(Cl)C(=O)N1C. The van der Waals surface area contributed by atoms with Crippen molar-refractivity contribution >= 4 is 46.5 Å². The van der Waals surface area contributed by atoms with Gasteiger partial charge in [0, 0.05) is 12.6 Å². The Bertz CT molecular complexity index is 836. The molecule has 1 aromatic rings. The number of unbranched alkanes of at least 4 members (excludes halogenated alkanes) is 3. The minimum atomic E-state index is -1.83. The maximum absolute atomic E-state index is 13.1. The number of phenolic OH excluding ortho intramolecular Hbond substituents is 1. The fraction of sp³-hybridized carbons (Fsp3) is 0.444. The summed E-state index contributed by atoms with van der Waals surface area (Å²) in [6.45, 7) is 2.10. The van der Waals surface area contributed by atoms with E-state index in [4.69, 9.17) is 39.5 Å². The third-order valence-electron chi connectivity index (χ3n) is 4.84. The zero-order valence-electron chi connectivity index (χ0n) is 14.4. The number of likely N-dealkylation sites (N-methyl/N-ethyl adjacent to an activating group) is 1. The molecule has 2 heterocycles. The van der Waals surface area contributed by atoms with E-state index in [0.717, 1.165) is 30.6 Å².